The molecule has 3 nitrogen and oxygen atoms in total. The van der Waals surface area contributed by atoms with Crippen LogP contribution in [0.3, 0.4) is 0 Å². The van der Waals surface area contributed by atoms with Gasteiger partial charge in [0.15, 0.2) is 0 Å². The van der Waals surface area contributed by atoms with Crippen LogP contribution in [0, 0.1) is 35.5 Å². The molecule has 0 bridgehead atoms. The summed E-state index contributed by atoms with van der Waals surface area (Å²) in [5, 5.41) is 21.9. The third-order valence-electron chi connectivity index (χ3n) is 10.8. The molecule has 1 aliphatic heterocycles. The van der Waals surface area contributed by atoms with E-state index in [4.69, 9.17) is 4.74 Å². The lowest BCUT2D eigenvalue weighted by atomic mass is 9.62. The van der Waals surface area contributed by atoms with E-state index in [1.54, 1.807) is 11.1 Å². The molecule has 1 spiro atoms. The molecule has 1 unspecified atom stereocenters. The van der Waals surface area contributed by atoms with Crippen molar-refractivity contribution in [2.45, 2.75) is 108 Å². The SMILES string of the molecule is CC1=C2CC3[C@@H](CC=C4C[C@@H](O)CC[C@@]43O)[C@@H]2CC[C@]12O[C@@H]1C[C@H](C)CC[C@H]1[C@H]2C. The van der Waals surface area contributed by atoms with Crippen LogP contribution < -0.4 is 0 Å². The molecule has 5 aliphatic carbocycles. The van der Waals surface area contributed by atoms with Crippen molar-refractivity contribution in [3.8, 4) is 0 Å². The van der Waals surface area contributed by atoms with Crippen LogP contribution in [0.15, 0.2) is 22.8 Å². The van der Waals surface area contributed by atoms with Gasteiger partial charge in [0, 0.05) is 0 Å². The Morgan fingerprint density at radius 3 is 2.70 bits per heavy atom. The van der Waals surface area contributed by atoms with Gasteiger partial charge in [0.1, 0.15) is 0 Å². The summed E-state index contributed by atoms with van der Waals surface area (Å²) in [5.74, 6) is 3.70. The summed E-state index contributed by atoms with van der Waals surface area (Å²) < 4.78 is 7.03. The summed E-state index contributed by atoms with van der Waals surface area (Å²) in [6.45, 7) is 7.26. The largest absolute Gasteiger partial charge is 0.393 e. The van der Waals surface area contributed by atoms with Crippen molar-refractivity contribution in [2.24, 2.45) is 35.5 Å². The molecule has 6 rings (SSSR count). The summed E-state index contributed by atoms with van der Waals surface area (Å²) >= 11 is 0. The molecule has 10 atom stereocenters. The van der Waals surface area contributed by atoms with E-state index in [2.05, 4.69) is 26.8 Å². The van der Waals surface area contributed by atoms with E-state index in [-0.39, 0.29) is 11.7 Å². The first-order valence-electron chi connectivity index (χ1n) is 12.8. The second kappa shape index (κ2) is 6.68. The molecule has 0 aromatic carbocycles. The summed E-state index contributed by atoms with van der Waals surface area (Å²) in [6.07, 6.45) is 13.1. The Bertz CT molecular complexity index is 798. The van der Waals surface area contributed by atoms with Crippen LogP contribution >= 0.6 is 0 Å². The van der Waals surface area contributed by atoms with Crippen LogP contribution in [0.25, 0.3) is 0 Å². The van der Waals surface area contributed by atoms with E-state index < -0.39 is 5.60 Å². The van der Waals surface area contributed by atoms with Gasteiger partial charge in [0.2, 0.25) is 0 Å². The van der Waals surface area contributed by atoms with Crippen molar-refractivity contribution in [2.75, 3.05) is 0 Å². The molecule has 166 valence electrons. The Balaban J connectivity index is 1.34. The highest BCUT2D eigenvalue weighted by atomic mass is 16.5. The Labute approximate surface area is 182 Å². The molecule has 3 heteroatoms. The molecule has 1 saturated heterocycles. The molecule has 3 saturated carbocycles. The number of rotatable bonds is 0. The Kier molecular flexibility index (Phi) is 4.46. The van der Waals surface area contributed by atoms with Gasteiger partial charge in [-0.3, -0.25) is 0 Å². The maximum Gasteiger partial charge on any atom is 0.0924 e. The summed E-state index contributed by atoms with van der Waals surface area (Å²) in [6, 6.07) is 0. The summed E-state index contributed by atoms with van der Waals surface area (Å²) in [5.41, 5.74) is 3.61. The van der Waals surface area contributed by atoms with E-state index in [1.807, 2.05) is 0 Å². The molecular formula is C27H40O3. The standard InChI is InChI=1S/C27H40O3/c1-15-4-6-20-16(2)27(30-25(20)12-15)11-9-21-22-7-5-18-13-19(28)8-10-26(18,29)24(22)14-23(21)17(27)3/h5,15-16,19-22,24-25,28-29H,4,6-14H2,1-3H3/t15-,16-,19+,20+,21+,22+,24?,25-,26-,27-/m1/s1. The summed E-state index contributed by atoms with van der Waals surface area (Å²) in [4.78, 5) is 0. The van der Waals surface area contributed by atoms with Crippen LogP contribution in [0.5, 0.6) is 0 Å². The van der Waals surface area contributed by atoms with Gasteiger partial charge in [-0.1, -0.05) is 31.9 Å². The second-order valence-corrected chi connectivity index (χ2v) is 12.0. The third-order valence-corrected chi connectivity index (χ3v) is 10.8. The first-order valence-corrected chi connectivity index (χ1v) is 12.8. The predicted molar refractivity (Wildman–Crippen MR) is 118 cm³/mol. The van der Waals surface area contributed by atoms with Gasteiger partial charge in [-0.15, -0.1) is 0 Å². The fraction of sp³-hybridized carbons (Fsp3) is 0.852. The van der Waals surface area contributed by atoms with Crippen LogP contribution in [-0.2, 0) is 4.74 Å². The van der Waals surface area contributed by atoms with Gasteiger partial charge in [-0.25, -0.2) is 0 Å². The van der Waals surface area contributed by atoms with E-state index >= 15 is 0 Å². The minimum absolute atomic E-state index is 0.0413. The average Bonchev–Trinajstić information content (AvgIpc) is 3.23. The van der Waals surface area contributed by atoms with Gasteiger partial charge in [0.25, 0.3) is 0 Å². The maximum atomic E-state index is 11.8. The lowest BCUT2D eigenvalue weighted by Gasteiger charge is -2.47. The van der Waals surface area contributed by atoms with E-state index in [0.717, 1.165) is 43.1 Å². The van der Waals surface area contributed by atoms with Crippen LogP contribution in [-0.4, -0.2) is 33.6 Å². The highest BCUT2D eigenvalue weighted by Gasteiger charge is 2.61. The van der Waals surface area contributed by atoms with E-state index in [9.17, 15) is 10.2 Å². The van der Waals surface area contributed by atoms with Gasteiger partial charge in [-0.2, -0.15) is 0 Å². The normalized spacial score (nSPS) is 55.0. The highest BCUT2D eigenvalue weighted by Crippen LogP contribution is 2.63. The Hall–Kier alpha value is -0.640. The number of ether oxygens (including phenoxy) is 1. The molecule has 6 aliphatic rings. The highest BCUT2D eigenvalue weighted by molar-refractivity contribution is 5.39. The van der Waals surface area contributed by atoms with Crippen molar-refractivity contribution < 1.29 is 14.9 Å². The van der Waals surface area contributed by atoms with Crippen molar-refractivity contribution in [1.29, 1.82) is 0 Å². The summed E-state index contributed by atoms with van der Waals surface area (Å²) in [7, 11) is 0. The molecule has 1 heterocycles. The molecule has 0 aromatic rings. The number of hydrogen-bond acceptors (Lipinski definition) is 3. The number of aliphatic hydroxyl groups excluding tert-OH is 1. The molecular weight excluding hydrogens is 372 g/mol. The lowest BCUT2D eigenvalue weighted by Crippen LogP contribution is -2.48. The maximum absolute atomic E-state index is 11.8. The monoisotopic (exact) mass is 412 g/mol. The topological polar surface area (TPSA) is 49.7 Å². The fourth-order valence-corrected chi connectivity index (χ4v) is 9.12. The zero-order valence-corrected chi connectivity index (χ0v) is 19.1. The first-order chi connectivity index (χ1) is 14.3. The molecule has 0 radical (unpaired) electrons. The zero-order valence-electron chi connectivity index (χ0n) is 19.1. The van der Waals surface area contributed by atoms with Gasteiger partial charge < -0.3 is 14.9 Å². The minimum Gasteiger partial charge on any atom is -0.393 e. The fourth-order valence-electron chi connectivity index (χ4n) is 9.12. The predicted octanol–water partition coefficient (Wildman–Crippen LogP) is 5.16. The van der Waals surface area contributed by atoms with Crippen molar-refractivity contribution in [1.82, 2.24) is 0 Å². The number of aliphatic hydroxyl groups is 2. The second-order valence-electron chi connectivity index (χ2n) is 12.0. The number of allylic oxidation sites excluding steroid dienone is 2. The molecule has 0 aromatic heterocycles. The smallest absolute Gasteiger partial charge is 0.0924 e. The Morgan fingerprint density at radius 2 is 1.87 bits per heavy atom. The minimum atomic E-state index is -0.675. The van der Waals surface area contributed by atoms with Crippen molar-refractivity contribution in [3.63, 3.8) is 0 Å². The van der Waals surface area contributed by atoms with E-state index in [1.165, 1.54) is 32.1 Å². The van der Waals surface area contributed by atoms with Crippen LogP contribution in [0.2, 0.25) is 0 Å². The number of hydrogen-bond donors (Lipinski definition) is 2. The van der Waals surface area contributed by atoms with Crippen molar-refractivity contribution >= 4 is 0 Å². The first kappa shape index (κ1) is 20.0. The van der Waals surface area contributed by atoms with Gasteiger partial charge in [0.05, 0.1) is 23.4 Å². The van der Waals surface area contributed by atoms with Crippen LogP contribution in [0.4, 0.5) is 0 Å². The molecule has 30 heavy (non-hydrogen) atoms. The van der Waals surface area contributed by atoms with Gasteiger partial charge >= 0.3 is 0 Å². The quantitative estimate of drug-likeness (QED) is 0.540. The Morgan fingerprint density at radius 1 is 1.03 bits per heavy atom. The van der Waals surface area contributed by atoms with E-state index in [0.29, 0.717) is 36.2 Å². The molecule has 2 N–H and O–H groups in total. The van der Waals surface area contributed by atoms with Crippen molar-refractivity contribution in [3.05, 3.63) is 22.8 Å². The third kappa shape index (κ3) is 2.55. The molecule has 4 fully saturated rings. The molecule has 0 amide bonds. The number of fused-ring (bicyclic) bond motifs is 6. The lowest BCUT2D eigenvalue weighted by molar-refractivity contribution is -0.0621. The van der Waals surface area contributed by atoms with Gasteiger partial charge in [-0.05, 0) is 111 Å². The zero-order chi connectivity index (χ0) is 20.8. The van der Waals surface area contributed by atoms with Crippen LogP contribution in [0.1, 0.15) is 85.0 Å². The average molecular weight is 413 g/mol.